The van der Waals surface area contributed by atoms with Crippen molar-refractivity contribution in [2.45, 2.75) is 82.8 Å². The summed E-state index contributed by atoms with van der Waals surface area (Å²) in [5.74, 6) is -5.15. The van der Waals surface area contributed by atoms with Gasteiger partial charge in [0.25, 0.3) is 8.32 Å². The van der Waals surface area contributed by atoms with E-state index in [9.17, 15) is 24.6 Å². The number of aliphatic hydroxyl groups excluding tert-OH is 1. The van der Waals surface area contributed by atoms with Crippen LogP contribution < -0.4 is 10.4 Å². The Kier molecular flexibility index (Phi) is 10.0. The van der Waals surface area contributed by atoms with Crippen LogP contribution in [0.25, 0.3) is 0 Å². The van der Waals surface area contributed by atoms with Crippen molar-refractivity contribution in [3.05, 3.63) is 84.3 Å². The van der Waals surface area contributed by atoms with Gasteiger partial charge in [-0.25, -0.2) is 0 Å². The highest BCUT2D eigenvalue weighted by molar-refractivity contribution is 6.99. The molecular formula is C38H47NO9Si. The number of amides is 2. The van der Waals surface area contributed by atoms with Crippen LogP contribution in [0.15, 0.2) is 77.2 Å². The zero-order valence-corrected chi connectivity index (χ0v) is 29.4. The Morgan fingerprint density at radius 1 is 0.939 bits per heavy atom. The third-order valence-electron chi connectivity index (χ3n) is 10.8. The minimum absolute atomic E-state index is 0.0404. The number of furan rings is 1. The van der Waals surface area contributed by atoms with Crippen LogP contribution in [-0.4, -0.2) is 65.3 Å². The Balaban J connectivity index is 1.34. The Hall–Kier alpha value is -3.61. The first-order valence-corrected chi connectivity index (χ1v) is 19.2. The number of ether oxygens (including phenoxy) is 1. The molecule has 2 amide bonds. The molecule has 2 aromatic carbocycles. The zero-order valence-electron chi connectivity index (χ0n) is 28.4. The number of imide groups is 1. The van der Waals surface area contributed by atoms with Crippen molar-refractivity contribution in [2.24, 2.45) is 23.7 Å². The van der Waals surface area contributed by atoms with Crippen LogP contribution in [0.1, 0.15) is 76.9 Å². The topological polar surface area (TPSA) is 147 Å². The summed E-state index contributed by atoms with van der Waals surface area (Å²) in [5.41, 5.74) is 0. The fourth-order valence-electron chi connectivity index (χ4n) is 8.50. The van der Waals surface area contributed by atoms with Gasteiger partial charge in [0.1, 0.15) is 24.2 Å². The molecule has 49 heavy (non-hydrogen) atoms. The second-order valence-electron chi connectivity index (χ2n) is 14.7. The molecule has 1 aliphatic carbocycles. The van der Waals surface area contributed by atoms with Crippen LogP contribution in [0.2, 0.25) is 5.04 Å². The van der Waals surface area contributed by atoms with E-state index in [1.54, 1.807) is 12.1 Å². The Bertz CT molecular complexity index is 1600. The highest BCUT2D eigenvalue weighted by atomic mass is 28.4. The van der Waals surface area contributed by atoms with Gasteiger partial charge < -0.3 is 28.9 Å². The number of rotatable bonds is 13. The summed E-state index contributed by atoms with van der Waals surface area (Å²) in [4.78, 5) is 40.2. The van der Waals surface area contributed by atoms with Gasteiger partial charge in [0, 0.05) is 31.4 Å². The molecule has 1 saturated carbocycles. The average molecular weight is 690 g/mol. The largest absolute Gasteiger partial charge is 0.481 e. The third-order valence-corrected chi connectivity index (χ3v) is 15.8. The molecule has 0 bridgehead atoms. The van der Waals surface area contributed by atoms with E-state index in [0.29, 0.717) is 30.8 Å². The molecule has 3 fully saturated rings. The number of hydrogen-bond acceptors (Lipinski definition) is 8. The Labute approximate surface area is 288 Å². The number of benzene rings is 2. The van der Waals surface area contributed by atoms with Gasteiger partial charge in [-0.2, -0.15) is 0 Å². The number of aliphatic carboxylic acids is 1. The summed E-state index contributed by atoms with van der Waals surface area (Å²) in [6.45, 7) is 6.57. The lowest BCUT2D eigenvalue weighted by Crippen LogP contribution is -2.67. The lowest BCUT2D eigenvalue weighted by Gasteiger charge is -2.48. The molecule has 6 atom stereocenters. The van der Waals surface area contributed by atoms with Gasteiger partial charge in [-0.3, -0.25) is 19.3 Å². The second kappa shape index (κ2) is 14.0. The Morgan fingerprint density at radius 2 is 1.59 bits per heavy atom. The third kappa shape index (κ3) is 6.43. The quantitative estimate of drug-likeness (QED) is 0.135. The number of carbonyl (C=O) groups excluding carboxylic acids is 2. The molecule has 0 unspecified atom stereocenters. The van der Waals surface area contributed by atoms with Crippen molar-refractivity contribution in [1.29, 1.82) is 0 Å². The standard InChI is InChI=1S/C38H47NO9Si/c1-37(2,3)49(27-13-7-4-8-14-27,28-15-9-5-10-16-28)46-24-25-21-29-34(36(44)39(35(29)43)20-12-6-11-17-33(41)42)30-22-32(48-38(25,30)45)31-19-18-26(23-40)47-31/h4-5,7-10,13-16,18-19,25,29-30,32,34,40,45H,6,11-12,17,20-24H2,1-3H3,(H,41,42)/t25-,29+,30+,32+,34+,38-/m1/s1. The van der Waals surface area contributed by atoms with Crippen LogP contribution in [0.3, 0.4) is 0 Å². The number of unbranched alkanes of at least 4 members (excludes halogenated alkanes) is 2. The highest BCUT2D eigenvalue weighted by Crippen LogP contribution is 2.58. The SMILES string of the molecule is CC(C)(C)[Si](OC[C@H]1C[C@@H]2C(=O)N(CCCCCC(=O)O)C(=O)[C@@H]2[C@@H]2C[C@@H](c3ccc(CO)o3)O[C@]12O)(c1ccccc1)c1ccccc1. The first kappa shape index (κ1) is 35.2. The van der Waals surface area contributed by atoms with E-state index < -0.39 is 49.8 Å². The smallest absolute Gasteiger partial charge is 0.303 e. The molecular weight excluding hydrogens is 643 g/mol. The number of carboxylic acids is 1. The lowest BCUT2D eigenvalue weighted by atomic mass is 9.64. The van der Waals surface area contributed by atoms with Gasteiger partial charge in [-0.15, -0.1) is 0 Å². The molecule has 0 spiro atoms. The second-order valence-corrected chi connectivity index (χ2v) is 19.0. The fourth-order valence-corrected chi connectivity index (χ4v) is 13.1. The molecule has 11 heteroatoms. The van der Waals surface area contributed by atoms with Crippen LogP contribution in [0.4, 0.5) is 0 Å². The summed E-state index contributed by atoms with van der Waals surface area (Å²) in [6.07, 6.45) is 1.39. The summed E-state index contributed by atoms with van der Waals surface area (Å²) in [6, 6.07) is 23.8. The molecule has 3 aliphatic rings. The number of carbonyl (C=O) groups is 3. The predicted octanol–water partition coefficient (Wildman–Crippen LogP) is 4.38. The van der Waals surface area contributed by atoms with Crippen LogP contribution in [0, 0.1) is 23.7 Å². The number of nitrogens with zero attached hydrogens (tertiary/aromatic N) is 1. The zero-order chi connectivity index (χ0) is 35.0. The Morgan fingerprint density at radius 3 is 2.16 bits per heavy atom. The summed E-state index contributed by atoms with van der Waals surface area (Å²) in [7, 11) is -3.02. The van der Waals surface area contributed by atoms with E-state index in [-0.39, 0.29) is 55.9 Å². The van der Waals surface area contributed by atoms with Crippen molar-refractivity contribution in [3.63, 3.8) is 0 Å². The van der Waals surface area contributed by atoms with Crippen molar-refractivity contribution in [2.75, 3.05) is 13.2 Å². The van der Waals surface area contributed by atoms with Gasteiger partial charge in [-0.05, 0) is 53.2 Å². The molecule has 0 radical (unpaired) electrons. The molecule has 1 aromatic heterocycles. The molecule has 3 aromatic rings. The predicted molar refractivity (Wildman–Crippen MR) is 183 cm³/mol. The minimum Gasteiger partial charge on any atom is -0.481 e. The molecule has 3 heterocycles. The maximum atomic E-state index is 14.0. The molecule has 2 saturated heterocycles. The number of carboxylic acid groups (broad SMARTS) is 1. The van der Waals surface area contributed by atoms with Gasteiger partial charge >= 0.3 is 5.97 Å². The fraction of sp³-hybridized carbons (Fsp3) is 0.500. The van der Waals surface area contributed by atoms with Gasteiger partial charge in [0.05, 0.1) is 11.8 Å². The van der Waals surface area contributed by atoms with E-state index in [4.69, 9.17) is 18.7 Å². The summed E-state index contributed by atoms with van der Waals surface area (Å²) >= 11 is 0. The van der Waals surface area contributed by atoms with Crippen molar-refractivity contribution >= 4 is 36.5 Å². The monoisotopic (exact) mass is 689 g/mol. The van der Waals surface area contributed by atoms with Gasteiger partial charge in [0.2, 0.25) is 11.8 Å². The van der Waals surface area contributed by atoms with Crippen molar-refractivity contribution in [3.8, 4) is 0 Å². The number of likely N-dealkylation sites (tertiary alicyclic amines) is 1. The molecule has 2 aliphatic heterocycles. The van der Waals surface area contributed by atoms with E-state index >= 15 is 0 Å². The van der Waals surface area contributed by atoms with Crippen LogP contribution in [-0.2, 0) is 30.2 Å². The first-order valence-electron chi connectivity index (χ1n) is 17.3. The van der Waals surface area contributed by atoms with Crippen molar-refractivity contribution in [1.82, 2.24) is 4.90 Å². The molecule has 10 nitrogen and oxygen atoms in total. The maximum absolute atomic E-state index is 14.0. The van der Waals surface area contributed by atoms with Crippen LogP contribution in [0.5, 0.6) is 0 Å². The molecule has 6 rings (SSSR count). The van der Waals surface area contributed by atoms with Gasteiger partial charge in [-0.1, -0.05) is 87.9 Å². The molecule has 3 N–H and O–H groups in total. The maximum Gasteiger partial charge on any atom is 0.303 e. The van der Waals surface area contributed by atoms with Gasteiger partial charge in [0.15, 0.2) is 5.79 Å². The number of fused-ring (bicyclic) bond motifs is 3. The molecule has 262 valence electrons. The summed E-state index contributed by atoms with van der Waals surface area (Å²) < 4.78 is 19.6. The van der Waals surface area contributed by atoms with E-state index in [1.807, 2.05) is 36.4 Å². The minimum atomic E-state index is -3.02. The van der Waals surface area contributed by atoms with Crippen molar-refractivity contribution < 1.29 is 43.3 Å². The number of aliphatic hydroxyl groups is 2. The highest BCUT2D eigenvalue weighted by Gasteiger charge is 2.67. The van der Waals surface area contributed by atoms with E-state index in [0.717, 1.165) is 10.4 Å². The number of hydrogen-bond donors (Lipinski definition) is 3. The van der Waals surface area contributed by atoms with E-state index in [1.165, 1.54) is 4.90 Å². The normalized spacial score (nSPS) is 27.0. The summed E-state index contributed by atoms with van der Waals surface area (Å²) in [5, 5.41) is 33.1. The van der Waals surface area contributed by atoms with Crippen LogP contribution >= 0.6 is 0 Å². The lowest BCUT2D eigenvalue weighted by molar-refractivity contribution is -0.274. The average Bonchev–Trinajstić information content (AvgIpc) is 3.76. The van der Waals surface area contributed by atoms with E-state index in [2.05, 4.69) is 45.0 Å². The first-order chi connectivity index (χ1) is 23.4.